The fourth-order valence-corrected chi connectivity index (χ4v) is 1.80. The standard InChI is InChI=1S/C11H14N4O2/c1-7-4-10(16)15(11(7)17)6-8-2-3-9(14-12)13-5-8/h2-3,5,7H,4,6,12H2,1H3,(H,13,14). The van der Waals surface area contributed by atoms with Crippen LogP contribution in [0.4, 0.5) is 5.82 Å². The minimum absolute atomic E-state index is 0.115. The van der Waals surface area contributed by atoms with E-state index in [0.717, 1.165) is 5.56 Å². The number of imide groups is 1. The minimum Gasteiger partial charge on any atom is -0.308 e. The molecule has 90 valence electrons. The van der Waals surface area contributed by atoms with E-state index in [1.807, 2.05) is 0 Å². The van der Waals surface area contributed by atoms with Crippen LogP contribution in [0.2, 0.25) is 0 Å². The maximum Gasteiger partial charge on any atom is 0.232 e. The Morgan fingerprint density at radius 1 is 1.53 bits per heavy atom. The van der Waals surface area contributed by atoms with Gasteiger partial charge in [0, 0.05) is 18.5 Å². The summed E-state index contributed by atoms with van der Waals surface area (Å²) >= 11 is 0. The van der Waals surface area contributed by atoms with Gasteiger partial charge in [-0.15, -0.1) is 0 Å². The molecule has 1 unspecified atom stereocenters. The van der Waals surface area contributed by atoms with Gasteiger partial charge in [0.15, 0.2) is 0 Å². The summed E-state index contributed by atoms with van der Waals surface area (Å²) in [7, 11) is 0. The largest absolute Gasteiger partial charge is 0.308 e. The molecule has 0 radical (unpaired) electrons. The zero-order chi connectivity index (χ0) is 12.4. The molecule has 2 heterocycles. The van der Waals surface area contributed by atoms with Gasteiger partial charge in [0.25, 0.3) is 0 Å². The summed E-state index contributed by atoms with van der Waals surface area (Å²) < 4.78 is 0. The van der Waals surface area contributed by atoms with Gasteiger partial charge in [-0.05, 0) is 11.6 Å². The van der Waals surface area contributed by atoms with Gasteiger partial charge in [-0.25, -0.2) is 10.8 Å². The number of aromatic nitrogens is 1. The average Bonchev–Trinajstić information content (AvgIpc) is 2.57. The lowest BCUT2D eigenvalue weighted by molar-refractivity contribution is -0.139. The van der Waals surface area contributed by atoms with Gasteiger partial charge < -0.3 is 5.43 Å². The van der Waals surface area contributed by atoms with Crippen molar-refractivity contribution >= 4 is 17.6 Å². The number of carbonyl (C=O) groups excluding carboxylic acids is 2. The number of nitrogen functional groups attached to an aromatic ring is 1. The minimum atomic E-state index is -0.208. The zero-order valence-electron chi connectivity index (χ0n) is 9.51. The average molecular weight is 234 g/mol. The molecule has 6 nitrogen and oxygen atoms in total. The first kappa shape index (κ1) is 11.5. The molecule has 1 aliphatic rings. The lowest BCUT2D eigenvalue weighted by Gasteiger charge is -2.14. The van der Waals surface area contributed by atoms with E-state index in [2.05, 4.69) is 10.4 Å². The van der Waals surface area contributed by atoms with Gasteiger partial charge in [0.05, 0.1) is 6.54 Å². The molecule has 1 saturated heterocycles. The van der Waals surface area contributed by atoms with Crippen molar-refractivity contribution in [3.05, 3.63) is 23.9 Å². The number of likely N-dealkylation sites (tertiary alicyclic amines) is 1. The van der Waals surface area contributed by atoms with Crippen LogP contribution in [0, 0.1) is 5.92 Å². The number of anilines is 1. The monoisotopic (exact) mass is 234 g/mol. The Balaban J connectivity index is 2.10. The molecule has 0 saturated carbocycles. The Labute approximate surface area is 98.8 Å². The highest BCUT2D eigenvalue weighted by atomic mass is 16.2. The van der Waals surface area contributed by atoms with E-state index in [0.29, 0.717) is 12.2 Å². The number of hydrazine groups is 1. The number of nitrogens with two attached hydrogens (primary N) is 1. The van der Waals surface area contributed by atoms with Gasteiger partial charge in [0.1, 0.15) is 5.82 Å². The molecule has 1 aliphatic heterocycles. The van der Waals surface area contributed by atoms with Crippen LogP contribution in [-0.2, 0) is 16.1 Å². The molecule has 1 fully saturated rings. The summed E-state index contributed by atoms with van der Waals surface area (Å²) in [6, 6.07) is 3.48. The number of nitrogens with one attached hydrogen (secondary N) is 1. The predicted molar refractivity (Wildman–Crippen MR) is 61.4 cm³/mol. The van der Waals surface area contributed by atoms with E-state index in [1.54, 1.807) is 25.3 Å². The maximum atomic E-state index is 11.7. The van der Waals surface area contributed by atoms with E-state index >= 15 is 0 Å². The molecule has 0 bridgehead atoms. The SMILES string of the molecule is CC1CC(=O)N(Cc2ccc(NN)nc2)C1=O. The van der Waals surface area contributed by atoms with Crippen LogP contribution in [-0.4, -0.2) is 21.7 Å². The Kier molecular flexibility index (Phi) is 3.06. The van der Waals surface area contributed by atoms with Crippen molar-refractivity contribution in [2.24, 2.45) is 11.8 Å². The van der Waals surface area contributed by atoms with Gasteiger partial charge >= 0.3 is 0 Å². The third kappa shape index (κ3) is 2.26. The molecule has 17 heavy (non-hydrogen) atoms. The van der Waals surface area contributed by atoms with Crippen LogP contribution in [0.25, 0.3) is 0 Å². The summed E-state index contributed by atoms with van der Waals surface area (Å²) in [5, 5.41) is 0. The normalized spacial score (nSPS) is 19.9. The summed E-state index contributed by atoms with van der Waals surface area (Å²) in [5.74, 6) is 5.29. The number of nitrogens with zero attached hydrogens (tertiary/aromatic N) is 2. The fourth-order valence-electron chi connectivity index (χ4n) is 1.80. The summed E-state index contributed by atoms with van der Waals surface area (Å²) in [6.07, 6.45) is 1.90. The van der Waals surface area contributed by atoms with Crippen molar-refractivity contribution in [2.45, 2.75) is 19.9 Å². The van der Waals surface area contributed by atoms with Crippen molar-refractivity contribution in [1.82, 2.24) is 9.88 Å². The molecular formula is C11H14N4O2. The van der Waals surface area contributed by atoms with Gasteiger partial charge in [0.2, 0.25) is 11.8 Å². The highest BCUT2D eigenvalue weighted by Crippen LogP contribution is 2.21. The number of hydrogen-bond acceptors (Lipinski definition) is 5. The maximum absolute atomic E-state index is 11.7. The highest BCUT2D eigenvalue weighted by molar-refractivity contribution is 6.03. The number of rotatable bonds is 3. The third-order valence-electron chi connectivity index (χ3n) is 2.78. The molecule has 1 atom stereocenters. The first-order chi connectivity index (χ1) is 8.11. The van der Waals surface area contributed by atoms with Crippen LogP contribution >= 0.6 is 0 Å². The quantitative estimate of drug-likeness (QED) is 0.445. The Hall–Kier alpha value is -1.95. The van der Waals surface area contributed by atoms with E-state index in [1.165, 1.54) is 4.90 Å². The first-order valence-electron chi connectivity index (χ1n) is 5.37. The molecule has 0 spiro atoms. The molecule has 3 N–H and O–H groups in total. The summed E-state index contributed by atoms with van der Waals surface area (Å²) in [5.41, 5.74) is 3.22. The molecule has 1 aromatic heterocycles. The molecular weight excluding hydrogens is 220 g/mol. The van der Waals surface area contributed by atoms with Crippen LogP contribution in [0.15, 0.2) is 18.3 Å². The van der Waals surface area contributed by atoms with E-state index in [4.69, 9.17) is 5.84 Å². The van der Waals surface area contributed by atoms with E-state index < -0.39 is 0 Å². The van der Waals surface area contributed by atoms with Crippen LogP contribution < -0.4 is 11.3 Å². The Morgan fingerprint density at radius 3 is 2.76 bits per heavy atom. The molecule has 1 aromatic rings. The Morgan fingerprint density at radius 2 is 2.29 bits per heavy atom. The molecule has 2 rings (SSSR count). The summed E-state index contributed by atoms with van der Waals surface area (Å²) in [6.45, 7) is 2.04. The third-order valence-corrected chi connectivity index (χ3v) is 2.78. The first-order valence-corrected chi connectivity index (χ1v) is 5.37. The lowest BCUT2D eigenvalue weighted by Crippen LogP contribution is -2.29. The number of amides is 2. The Bertz CT molecular complexity index is 443. The predicted octanol–water partition coefficient (Wildman–Crippen LogP) is 0.262. The van der Waals surface area contributed by atoms with Gasteiger partial charge in [-0.3, -0.25) is 14.5 Å². The van der Waals surface area contributed by atoms with Gasteiger partial charge in [-0.2, -0.15) is 0 Å². The van der Waals surface area contributed by atoms with Crippen LogP contribution in [0.1, 0.15) is 18.9 Å². The van der Waals surface area contributed by atoms with Gasteiger partial charge in [-0.1, -0.05) is 13.0 Å². The van der Waals surface area contributed by atoms with Crippen molar-refractivity contribution in [3.63, 3.8) is 0 Å². The smallest absolute Gasteiger partial charge is 0.232 e. The number of pyridine rings is 1. The number of carbonyl (C=O) groups is 2. The molecule has 6 heteroatoms. The number of hydrogen-bond donors (Lipinski definition) is 2. The molecule has 0 aromatic carbocycles. The second-order valence-corrected chi connectivity index (χ2v) is 4.12. The van der Waals surface area contributed by atoms with Crippen molar-refractivity contribution in [2.75, 3.05) is 5.43 Å². The summed E-state index contributed by atoms with van der Waals surface area (Å²) in [4.78, 5) is 28.6. The highest BCUT2D eigenvalue weighted by Gasteiger charge is 2.35. The van der Waals surface area contributed by atoms with Crippen molar-refractivity contribution < 1.29 is 9.59 Å². The van der Waals surface area contributed by atoms with Crippen molar-refractivity contribution in [1.29, 1.82) is 0 Å². The fraction of sp³-hybridized carbons (Fsp3) is 0.364. The van der Waals surface area contributed by atoms with E-state index in [-0.39, 0.29) is 24.3 Å². The molecule has 0 aliphatic carbocycles. The zero-order valence-corrected chi connectivity index (χ0v) is 9.51. The second kappa shape index (κ2) is 4.50. The topological polar surface area (TPSA) is 88.3 Å². The van der Waals surface area contributed by atoms with Crippen LogP contribution in [0.5, 0.6) is 0 Å². The van der Waals surface area contributed by atoms with E-state index in [9.17, 15) is 9.59 Å². The molecule has 2 amide bonds. The van der Waals surface area contributed by atoms with Crippen molar-refractivity contribution in [3.8, 4) is 0 Å². The lowest BCUT2D eigenvalue weighted by atomic mass is 10.1. The second-order valence-electron chi connectivity index (χ2n) is 4.12. The van der Waals surface area contributed by atoms with Crippen LogP contribution in [0.3, 0.4) is 0 Å².